The van der Waals surface area contributed by atoms with Crippen molar-refractivity contribution in [3.05, 3.63) is 33.0 Å². The molecule has 2 heterocycles. The van der Waals surface area contributed by atoms with Gasteiger partial charge in [0.1, 0.15) is 11.0 Å². The van der Waals surface area contributed by atoms with E-state index >= 15 is 0 Å². The predicted octanol–water partition coefficient (Wildman–Crippen LogP) is 0.823. The van der Waals surface area contributed by atoms with Gasteiger partial charge in [-0.15, -0.1) is 9.48 Å². The molecule has 8 heteroatoms. The van der Waals surface area contributed by atoms with Crippen LogP contribution in [0.15, 0.2) is 30.8 Å². The molecule has 0 aliphatic carbocycles. The van der Waals surface area contributed by atoms with Crippen LogP contribution in [-0.4, -0.2) is 21.3 Å². The van der Waals surface area contributed by atoms with E-state index in [2.05, 4.69) is 0 Å². The highest BCUT2D eigenvalue weighted by Crippen LogP contribution is 2.20. The molecule has 0 aliphatic rings. The number of rotatable bonds is 0. The van der Waals surface area contributed by atoms with Crippen LogP contribution in [0.1, 0.15) is 23.4 Å². The summed E-state index contributed by atoms with van der Waals surface area (Å²) in [6.07, 6.45) is 0. The average molecular weight is 276 g/mol. The minimum Gasteiger partial charge on any atom is -0.328 e. The summed E-state index contributed by atoms with van der Waals surface area (Å²) in [6.45, 7) is 2.44. The zero-order valence-electron chi connectivity index (χ0n) is 10.5. The smallest absolute Gasteiger partial charge is 0.328 e. The van der Waals surface area contributed by atoms with Crippen molar-refractivity contribution in [2.45, 2.75) is 13.8 Å². The molecule has 20 heavy (non-hydrogen) atoms. The summed E-state index contributed by atoms with van der Waals surface area (Å²) in [7, 11) is 0. The maximum Gasteiger partial charge on any atom is 0.366 e. The summed E-state index contributed by atoms with van der Waals surface area (Å²) in [6, 6.07) is 2.59. The second-order valence-electron chi connectivity index (χ2n) is 4.27. The lowest BCUT2D eigenvalue weighted by Gasteiger charge is -1.97. The van der Waals surface area contributed by atoms with Gasteiger partial charge in [-0.3, -0.25) is 9.59 Å². The molecule has 0 amide bonds. The normalized spacial score (nSPS) is 11.3. The maximum absolute atomic E-state index is 11.7. The number of aromatic nitrogens is 2. The molecule has 0 atom stereocenters. The van der Waals surface area contributed by atoms with Crippen LogP contribution in [-0.2, 0) is 0 Å². The second-order valence-corrected chi connectivity index (χ2v) is 4.27. The van der Waals surface area contributed by atoms with Gasteiger partial charge in [-0.25, -0.2) is 9.59 Å². The summed E-state index contributed by atoms with van der Waals surface area (Å²) < 4.78 is 11.2. The molecule has 0 N–H and O–H groups in total. The highest BCUT2D eigenvalue weighted by atomic mass is 16.5. The summed E-state index contributed by atoms with van der Waals surface area (Å²) in [5, 5.41) is 0.141. The zero-order valence-corrected chi connectivity index (χ0v) is 10.5. The molecule has 0 saturated heterocycles. The Labute approximate surface area is 109 Å². The summed E-state index contributed by atoms with van der Waals surface area (Å²) in [5.74, 6) is -1.01. The Morgan fingerprint density at radius 1 is 0.850 bits per heavy atom. The van der Waals surface area contributed by atoms with E-state index in [9.17, 15) is 19.2 Å². The standard InChI is InChI=1S/C12H8N2O6/c1-5(15)13-9-4-10-8(3-7(9)11(17)19-13)12(18)20-14(10)6(2)16/h3-4H,1-2H3. The third-order valence-corrected chi connectivity index (χ3v) is 2.91. The molecule has 0 unspecified atom stereocenters. The zero-order chi connectivity index (χ0) is 14.6. The van der Waals surface area contributed by atoms with Gasteiger partial charge in [0.25, 0.3) is 11.8 Å². The number of carbonyl (C=O) groups is 2. The van der Waals surface area contributed by atoms with Crippen LogP contribution in [0.4, 0.5) is 0 Å². The summed E-state index contributed by atoms with van der Waals surface area (Å²) in [4.78, 5) is 46.1. The van der Waals surface area contributed by atoms with Gasteiger partial charge in [-0.1, -0.05) is 0 Å². The molecule has 1 aromatic carbocycles. The van der Waals surface area contributed by atoms with Gasteiger partial charge in [0.05, 0.1) is 10.8 Å². The fourth-order valence-corrected chi connectivity index (χ4v) is 2.07. The van der Waals surface area contributed by atoms with Gasteiger partial charge >= 0.3 is 11.3 Å². The molecular formula is C12H8N2O6. The Morgan fingerprint density at radius 3 is 1.60 bits per heavy atom. The van der Waals surface area contributed by atoms with Crippen LogP contribution in [0, 0.1) is 0 Å². The number of hydrogen-bond acceptors (Lipinski definition) is 6. The predicted molar refractivity (Wildman–Crippen MR) is 67.1 cm³/mol. The van der Waals surface area contributed by atoms with Crippen LogP contribution in [0.3, 0.4) is 0 Å². The number of fused-ring (bicyclic) bond motifs is 2. The third kappa shape index (κ3) is 1.48. The highest BCUT2D eigenvalue weighted by molar-refractivity contribution is 6.00. The van der Waals surface area contributed by atoms with Crippen molar-refractivity contribution in [3.63, 3.8) is 0 Å². The van der Waals surface area contributed by atoms with Crippen molar-refractivity contribution in [1.82, 2.24) is 9.48 Å². The first-order valence-electron chi connectivity index (χ1n) is 5.64. The van der Waals surface area contributed by atoms with E-state index in [-0.39, 0.29) is 21.8 Å². The molecule has 3 rings (SSSR count). The van der Waals surface area contributed by atoms with E-state index in [4.69, 9.17) is 9.05 Å². The van der Waals surface area contributed by atoms with Crippen LogP contribution in [0.5, 0.6) is 0 Å². The molecule has 0 saturated carbocycles. The fraction of sp³-hybridized carbons (Fsp3) is 0.167. The molecule has 0 fully saturated rings. The number of nitrogens with zero attached hydrogens (tertiary/aromatic N) is 2. The largest absolute Gasteiger partial charge is 0.366 e. The van der Waals surface area contributed by atoms with Gasteiger partial charge in [-0.2, -0.15) is 0 Å². The minimum atomic E-state index is -0.743. The Morgan fingerprint density at radius 2 is 1.25 bits per heavy atom. The van der Waals surface area contributed by atoms with Crippen molar-refractivity contribution >= 4 is 33.6 Å². The SMILES string of the molecule is CC(=O)n1oc(=O)c2cc3c(=O)on(C(C)=O)c3cc21. The lowest BCUT2D eigenvalue weighted by atomic mass is 10.2. The van der Waals surface area contributed by atoms with E-state index in [1.54, 1.807) is 0 Å². The molecule has 102 valence electrons. The number of carbonyl (C=O) groups excluding carboxylic acids is 2. The topological polar surface area (TPSA) is 104 Å². The van der Waals surface area contributed by atoms with E-state index in [0.717, 1.165) is 9.48 Å². The van der Waals surface area contributed by atoms with Crippen LogP contribution >= 0.6 is 0 Å². The maximum atomic E-state index is 11.7. The highest BCUT2D eigenvalue weighted by Gasteiger charge is 2.19. The molecule has 0 aliphatic heterocycles. The van der Waals surface area contributed by atoms with Gasteiger partial charge in [0.15, 0.2) is 0 Å². The summed E-state index contributed by atoms with van der Waals surface area (Å²) in [5.41, 5.74) is -1.14. The van der Waals surface area contributed by atoms with Crippen LogP contribution in [0.25, 0.3) is 21.8 Å². The van der Waals surface area contributed by atoms with Gasteiger partial charge in [0.2, 0.25) is 0 Å². The Balaban J connectivity index is 2.57. The average Bonchev–Trinajstić information content (AvgIpc) is 2.87. The van der Waals surface area contributed by atoms with E-state index in [0.29, 0.717) is 0 Å². The molecule has 8 nitrogen and oxygen atoms in total. The van der Waals surface area contributed by atoms with Crippen molar-refractivity contribution in [3.8, 4) is 0 Å². The summed E-state index contributed by atoms with van der Waals surface area (Å²) >= 11 is 0. The van der Waals surface area contributed by atoms with E-state index in [1.807, 2.05) is 0 Å². The Bertz CT molecular complexity index is 919. The lowest BCUT2D eigenvalue weighted by molar-refractivity contribution is 0.0820. The van der Waals surface area contributed by atoms with E-state index in [1.165, 1.54) is 26.0 Å². The van der Waals surface area contributed by atoms with Gasteiger partial charge < -0.3 is 9.05 Å². The first-order chi connectivity index (χ1) is 9.40. The van der Waals surface area contributed by atoms with Crippen LogP contribution < -0.4 is 11.3 Å². The van der Waals surface area contributed by atoms with Crippen LogP contribution in [0.2, 0.25) is 0 Å². The van der Waals surface area contributed by atoms with Crippen molar-refractivity contribution in [2.24, 2.45) is 0 Å². The third-order valence-electron chi connectivity index (χ3n) is 2.91. The molecule has 0 bridgehead atoms. The Kier molecular flexibility index (Phi) is 2.31. The van der Waals surface area contributed by atoms with Crippen molar-refractivity contribution in [2.75, 3.05) is 0 Å². The van der Waals surface area contributed by atoms with E-state index < -0.39 is 23.1 Å². The minimum absolute atomic E-state index is 0.0707. The van der Waals surface area contributed by atoms with Gasteiger partial charge in [-0.05, 0) is 12.1 Å². The van der Waals surface area contributed by atoms with Crippen molar-refractivity contribution < 1.29 is 18.6 Å². The first-order valence-corrected chi connectivity index (χ1v) is 5.64. The molecule has 3 aromatic rings. The van der Waals surface area contributed by atoms with Crippen molar-refractivity contribution in [1.29, 1.82) is 0 Å². The Hall–Kier alpha value is -2.90. The second kappa shape index (κ2) is 3.80. The fourth-order valence-electron chi connectivity index (χ4n) is 2.07. The number of hydrogen-bond donors (Lipinski definition) is 0. The monoisotopic (exact) mass is 276 g/mol. The molecule has 0 spiro atoms. The molecule has 2 aromatic heterocycles. The lowest BCUT2D eigenvalue weighted by Crippen LogP contribution is -2.05. The molecular weight excluding hydrogens is 268 g/mol. The molecule has 0 radical (unpaired) electrons. The number of benzene rings is 1. The quantitative estimate of drug-likeness (QED) is 0.602. The first kappa shape index (κ1) is 12.2. The van der Waals surface area contributed by atoms with Gasteiger partial charge in [0, 0.05) is 13.8 Å².